The molecular weight excluding hydrogens is 300 g/mol. The molecule has 1 unspecified atom stereocenters. The van der Waals surface area contributed by atoms with E-state index in [1.165, 1.54) is 18.4 Å². The highest BCUT2D eigenvalue weighted by Gasteiger charge is 2.37. The predicted molar refractivity (Wildman–Crippen MR) is 96.1 cm³/mol. The van der Waals surface area contributed by atoms with E-state index in [0.29, 0.717) is 18.1 Å². The van der Waals surface area contributed by atoms with E-state index in [1.807, 2.05) is 0 Å². The minimum atomic E-state index is -0.691. The van der Waals surface area contributed by atoms with Gasteiger partial charge in [-0.3, -0.25) is 9.69 Å². The number of nitrogens with one attached hydrogen (secondary N) is 1. The molecule has 4 heteroatoms. The molecule has 24 heavy (non-hydrogen) atoms. The summed E-state index contributed by atoms with van der Waals surface area (Å²) in [4.78, 5) is 13.3. The number of rotatable bonds is 10. The fraction of sp³-hybridized carbons (Fsp3) is 0.650. The Kier molecular flexibility index (Phi) is 5.90. The number of benzene rings is 1. The quantitative estimate of drug-likeness (QED) is 0.692. The second-order valence-electron chi connectivity index (χ2n) is 7.68. The van der Waals surface area contributed by atoms with Crippen molar-refractivity contribution in [3.63, 3.8) is 0 Å². The lowest BCUT2D eigenvalue weighted by molar-refractivity contribution is -0.139. The number of nitrogens with zero attached hydrogens (tertiary/aromatic N) is 1. The van der Waals surface area contributed by atoms with Crippen molar-refractivity contribution in [1.82, 2.24) is 10.2 Å². The molecule has 3 rings (SSSR count). The molecule has 132 valence electrons. The molecule has 1 aromatic carbocycles. The van der Waals surface area contributed by atoms with Crippen molar-refractivity contribution in [1.29, 1.82) is 0 Å². The second kappa shape index (κ2) is 8.13. The van der Waals surface area contributed by atoms with Crippen LogP contribution >= 0.6 is 0 Å². The van der Waals surface area contributed by atoms with Gasteiger partial charge in [-0.05, 0) is 56.9 Å². The molecule has 2 N–H and O–H groups in total. The van der Waals surface area contributed by atoms with Crippen molar-refractivity contribution in [2.24, 2.45) is 5.92 Å². The molecule has 0 amide bonds. The molecule has 0 radical (unpaired) electrons. The molecule has 0 heterocycles. The highest BCUT2D eigenvalue weighted by Crippen LogP contribution is 2.33. The van der Waals surface area contributed by atoms with E-state index in [9.17, 15) is 4.79 Å². The molecule has 0 aromatic heterocycles. The largest absolute Gasteiger partial charge is 0.480 e. The third-order valence-corrected chi connectivity index (χ3v) is 5.39. The van der Waals surface area contributed by atoms with E-state index in [4.69, 9.17) is 5.11 Å². The van der Waals surface area contributed by atoms with Gasteiger partial charge in [-0.15, -0.1) is 0 Å². The number of aryl methyl sites for hydroxylation is 1. The number of carboxylic acids is 1. The molecule has 2 saturated carbocycles. The summed E-state index contributed by atoms with van der Waals surface area (Å²) < 4.78 is 0. The lowest BCUT2D eigenvalue weighted by Gasteiger charge is -2.44. The van der Waals surface area contributed by atoms with E-state index in [-0.39, 0.29) is 6.54 Å². The molecule has 0 bridgehead atoms. The lowest BCUT2D eigenvalue weighted by Crippen LogP contribution is -2.55. The Morgan fingerprint density at radius 2 is 2.00 bits per heavy atom. The SMILES string of the molecule is CC(CCc1ccccc1)NC1CC(N(CC(=O)O)CC2CC2)C1. The molecule has 1 atom stereocenters. The Hall–Kier alpha value is -1.39. The molecule has 2 fully saturated rings. The van der Waals surface area contributed by atoms with Crippen LogP contribution in [0.5, 0.6) is 0 Å². The van der Waals surface area contributed by atoms with Gasteiger partial charge in [-0.1, -0.05) is 30.3 Å². The van der Waals surface area contributed by atoms with Crippen molar-refractivity contribution >= 4 is 5.97 Å². The molecule has 0 saturated heterocycles. The summed E-state index contributed by atoms with van der Waals surface area (Å²) >= 11 is 0. The summed E-state index contributed by atoms with van der Waals surface area (Å²) in [7, 11) is 0. The topological polar surface area (TPSA) is 52.6 Å². The average molecular weight is 330 g/mol. The Morgan fingerprint density at radius 1 is 1.29 bits per heavy atom. The monoisotopic (exact) mass is 330 g/mol. The maximum atomic E-state index is 11.1. The van der Waals surface area contributed by atoms with Gasteiger partial charge in [0.05, 0.1) is 6.54 Å². The van der Waals surface area contributed by atoms with Crippen LogP contribution in [0.3, 0.4) is 0 Å². The second-order valence-corrected chi connectivity index (χ2v) is 7.68. The summed E-state index contributed by atoms with van der Waals surface area (Å²) in [5.74, 6) is 0.0597. The van der Waals surface area contributed by atoms with Gasteiger partial charge in [0.25, 0.3) is 0 Å². The molecule has 0 aliphatic heterocycles. The minimum Gasteiger partial charge on any atom is -0.480 e. The molecule has 2 aliphatic rings. The summed E-state index contributed by atoms with van der Waals surface area (Å²) in [5, 5.41) is 12.8. The molecule has 0 spiro atoms. The van der Waals surface area contributed by atoms with Gasteiger partial charge in [0.1, 0.15) is 0 Å². The van der Waals surface area contributed by atoms with E-state index in [1.54, 1.807) is 0 Å². The number of hydrogen-bond acceptors (Lipinski definition) is 3. The molecule has 4 nitrogen and oxygen atoms in total. The number of carboxylic acid groups (broad SMARTS) is 1. The number of carbonyl (C=O) groups is 1. The Bertz CT molecular complexity index is 524. The van der Waals surface area contributed by atoms with Crippen LogP contribution in [0.4, 0.5) is 0 Å². The Labute approximate surface area is 145 Å². The standard InChI is InChI=1S/C20H30N2O2/c1-15(7-8-16-5-3-2-4-6-16)21-18-11-19(12-18)22(14-20(23)24)13-17-9-10-17/h2-6,15,17-19,21H,7-14H2,1H3,(H,23,24). The van der Waals surface area contributed by atoms with Crippen LogP contribution in [0, 0.1) is 5.92 Å². The van der Waals surface area contributed by atoms with Gasteiger partial charge in [0.2, 0.25) is 0 Å². The van der Waals surface area contributed by atoms with Crippen molar-refractivity contribution in [3.8, 4) is 0 Å². The van der Waals surface area contributed by atoms with Crippen LogP contribution in [0.2, 0.25) is 0 Å². The summed E-state index contributed by atoms with van der Waals surface area (Å²) in [6.45, 7) is 3.44. The first-order valence-electron chi connectivity index (χ1n) is 9.36. The van der Waals surface area contributed by atoms with Gasteiger partial charge < -0.3 is 10.4 Å². The first-order chi connectivity index (χ1) is 11.6. The predicted octanol–water partition coefficient (Wildman–Crippen LogP) is 2.92. The third kappa shape index (κ3) is 5.32. The van der Waals surface area contributed by atoms with Crippen LogP contribution < -0.4 is 5.32 Å². The van der Waals surface area contributed by atoms with Crippen molar-refractivity contribution in [3.05, 3.63) is 35.9 Å². The zero-order valence-electron chi connectivity index (χ0n) is 14.7. The Balaban J connectivity index is 1.36. The fourth-order valence-electron chi connectivity index (χ4n) is 3.68. The average Bonchev–Trinajstić information content (AvgIpc) is 3.32. The van der Waals surface area contributed by atoms with E-state index in [2.05, 4.69) is 47.5 Å². The van der Waals surface area contributed by atoms with Crippen molar-refractivity contribution in [2.75, 3.05) is 13.1 Å². The highest BCUT2D eigenvalue weighted by molar-refractivity contribution is 5.69. The fourth-order valence-corrected chi connectivity index (χ4v) is 3.68. The van der Waals surface area contributed by atoms with E-state index >= 15 is 0 Å². The zero-order valence-corrected chi connectivity index (χ0v) is 14.7. The summed E-state index contributed by atoms with van der Waals surface area (Å²) in [5.41, 5.74) is 1.40. The molecule has 2 aliphatic carbocycles. The minimum absolute atomic E-state index is 0.206. The van der Waals surface area contributed by atoms with Crippen LogP contribution in [0.15, 0.2) is 30.3 Å². The first-order valence-corrected chi connectivity index (χ1v) is 9.36. The smallest absolute Gasteiger partial charge is 0.317 e. The van der Waals surface area contributed by atoms with E-state index < -0.39 is 5.97 Å². The third-order valence-electron chi connectivity index (χ3n) is 5.39. The maximum absolute atomic E-state index is 11.1. The summed E-state index contributed by atoms with van der Waals surface area (Å²) in [6, 6.07) is 12.2. The van der Waals surface area contributed by atoms with Gasteiger partial charge in [0, 0.05) is 24.7 Å². The van der Waals surface area contributed by atoms with E-state index in [0.717, 1.165) is 38.1 Å². The van der Waals surface area contributed by atoms with Gasteiger partial charge in [-0.25, -0.2) is 0 Å². The normalized spacial score (nSPS) is 24.6. The van der Waals surface area contributed by atoms with Gasteiger partial charge in [-0.2, -0.15) is 0 Å². The number of hydrogen-bond donors (Lipinski definition) is 2. The number of aliphatic carboxylic acids is 1. The van der Waals surface area contributed by atoms with Crippen molar-refractivity contribution < 1.29 is 9.90 Å². The van der Waals surface area contributed by atoms with Crippen molar-refractivity contribution in [2.45, 2.75) is 63.6 Å². The van der Waals surface area contributed by atoms with Crippen LogP contribution in [0.1, 0.15) is 44.6 Å². The van der Waals surface area contributed by atoms with Crippen LogP contribution in [-0.4, -0.2) is 47.2 Å². The molecular formula is C20H30N2O2. The zero-order chi connectivity index (χ0) is 16.9. The maximum Gasteiger partial charge on any atom is 0.317 e. The van der Waals surface area contributed by atoms with Crippen LogP contribution in [0.25, 0.3) is 0 Å². The molecule has 1 aromatic rings. The van der Waals surface area contributed by atoms with Gasteiger partial charge >= 0.3 is 5.97 Å². The Morgan fingerprint density at radius 3 is 2.62 bits per heavy atom. The lowest BCUT2D eigenvalue weighted by atomic mass is 9.84. The van der Waals surface area contributed by atoms with Crippen LogP contribution in [-0.2, 0) is 11.2 Å². The van der Waals surface area contributed by atoms with Gasteiger partial charge in [0.15, 0.2) is 0 Å². The highest BCUT2D eigenvalue weighted by atomic mass is 16.4. The summed E-state index contributed by atoms with van der Waals surface area (Å²) in [6.07, 6.45) is 7.00. The first kappa shape index (κ1) is 17.4.